The average molecular weight is 437 g/mol. The lowest BCUT2D eigenvalue weighted by molar-refractivity contribution is -0.122. The molecule has 3 aliphatic carbocycles. The van der Waals surface area contributed by atoms with E-state index in [2.05, 4.69) is 24.3 Å². The number of carbonyl (C=O) groups is 3. The van der Waals surface area contributed by atoms with Crippen LogP contribution in [0.1, 0.15) is 58.3 Å². The Labute approximate surface area is 192 Å². The molecule has 0 N–H and O–H groups in total. The number of carbonyl (C=O) groups excluding carboxylic acids is 3. The molecule has 5 nitrogen and oxygen atoms in total. The summed E-state index contributed by atoms with van der Waals surface area (Å²) in [4.78, 5) is 41.8. The first-order valence-corrected chi connectivity index (χ1v) is 11.3. The van der Waals surface area contributed by atoms with Gasteiger partial charge < -0.3 is 4.74 Å². The largest absolute Gasteiger partial charge is 0.459 e. The Morgan fingerprint density at radius 3 is 1.61 bits per heavy atom. The van der Waals surface area contributed by atoms with Gasteiger partial charge in [-0.25, -0.2) is 9.69 Å². The first kappa shape index (κ1) is 19.9. The Kier molecular flexibility index (Phi) is 4.31. The zero-order valence-corrected chi connectivity index (χ0v) is 18.4. The van der Waals surface area contributed by atoms with Crippen molar-refractivity contribution in [2.45, 2.75) is 31.8 Å². The third kappa shape index (κ3) is 2.68. The van der Waals surface area contributed by atoms with Gasteiger partial charge in [0.15, 0.2) is 0 Å². The van der Waals surface area contributed by atoms with Crippen LogP contribution < -0.4 is 4.90 Å². The molecule has 1 heterocycles. The predicted molar refractivity (Wildman–Crippen MR) is 123 cm³/mol. The van der Waals surface area contributed by atoms with Crippen molar-refractivity contribution in [3.05, 3.63) is 101 Å². The predicted octanol–water partition coefficient (Wildman–Crippen LogP) is 4.65. The van der Waals surface area contributed by atoms with E-state index in [1.807, 2.05) is 24.3 Å². The number of imide groups is 1. The number of amides is 2. The lowest BCUT2D eigenvalue weighted by Crippen LogP contribution is -2.41. The number of esters is 1. The molecule has 5 heteroatoms. The van der Waals surface area contributed by atoms with E-state index in [0.29, 0.717) is 5.69 Å². The fourth-order valence-electron chi connectivity index (χ4n) is 6.03. The summed E-state index contributed by atoms with van der Waals surface area (Å²) in [5.74, 6) is -2.34. The molecule has 2 atom stereocenters. The average Bonchev–Trinajstić information content (AvgIpc) is 3.09. The molecule has 0 saturated carbocycles. The van der Waals surface area contributed by atoms with E-state index in [1.54, 1.807) is 38.1 Å². The molecule has 4 aliphatic rings. The molecule has 33 heavy (non-hydrogen) atoms. The molecule has 0 radical (unpaired) electrons. The molecule has 1 aliphatic heterocycles. The van der Waals surface area contributed by atoms with Crippen molar-refractivity contribution >= 4 is 23.5 Å². The first-order valence-electron chi connectivity index (χ1n) is 11.3. The number of hydrogen-bond donors (Lipinski definition) is 0. The number of para-hydroxylation sites is 1. The van der Waals surface area contributed by atoms with Crippen LogP contribution in [0.15, 0.2) is 72.8 Å². The molecule has 7 rings (SSSR count). The number of nitrogens with zero attached hydrogens (tertiary/aromatic N) is 1. The highest BCUT2D eigenvalue weighted by Crippen LogP contribution is 2.61. The fraction of sp³-hybridized carbons (Fsp3) is 0.250. The molecule has 0 unspecified atom stereocenters. The minimum absolute atomic E-state index is 0.177. The van der Waals surface area contributed by atoms with Crippen LogP contribution in [-0.2, 0) is 14.3 Å². The van der Waals surface area contributed by atoms with Crippen LogP contribution in [-0.4, -0.2) is 23.9 Å². The molecule has 0 spiro atoms. The van der Waals surface area contributed by atoms with E-state index in [1.165, 1.54) is 4.90 Å². The van der Waals surface area contributed by atoms with E-state index in [9.17, 15) is 14.4 Å². The Bertz CT molecular complexity index is 1210. The van der Waals surface area contributed by atoms with Crippen molar-refractivity contribution in [2.75, 3.05) is 4.90 Å². The molecule has 0 aromatic heterocycles. The summed E-state index contributed by atoms with van der Waals surface area (Å²) in [7, 11) is 0. The van der Waals surface area contributed by atoms with Crippen LogP contribution in [0.2, 0.25) is 0 Å². The second-order valence-corrected chi connectivity index (χ2v) is 9.25. The lowest BCUT2D eigenvalue weighted by Gasteiger charge is -2.45. The van der Waals surface area contributed by atoms with Gasteiger partial charge in [-0.3, -0.25) is 9.59 Å². The highest BCUT2D eigenvalue weighted by Gasteiger charge is 2.62. The molecule has 1 saturated heterocycles. The smallest absolute Gasteiger partial charge is 0.340 e. The fourth-order valence-corrected chi connectivity index (χ4v) is 6.03. The van der Waals surface area contributed by atoms with Gasteiger partial charge in [-0.2, -0.15) is 0 Å². The summed E-state index contributed by atoms with van der Waals surface area (Å²) >= 11 is 0. The summed E-state index contributed by atoms with van der Waals surface area (Å²) in [6.45, 7) is 3.54. The quantitative estimate of drug-likeness (QED) is 0.442. The minimum atomic E-state index is -0.536. The van der Waals surface area contributed by atoms with Gasteiger partial charge >= 0.3 is 5.97 Å². The van der Waals surface area contributed by atoms with Gasteiger partial charge in [0.05, 0.1) is 29.2 Å². The zero-order chi connectivity index (χ0) is 22.9. The van der Waals surface area contributed by atoms with Gasteiger partial charge in [0.2, 0.25) is 11.8 Å². The molecule has 3 aromatic carbocycles. The maximum atomic E-state index is 13.9. The Morgan fingerprint density at radius 2 is 1.15 bits per heavy atom. The van der Waals surface area contributed by atoms with Crippen LogP contribution in [0.4, 0.5) is 5.69 Å². The Balaban J connectivity index is 1.50. The SMILES string of the molecule is CC(C)OC(=O)c1ccccc1N1C(=O)[C@@H]2C3c4ccccc4C(c4ccccc43)[C@@H]2C1=O. The van der Waals surface area contributed by atoms with Gasteiger partial charge in [-0.05, 0) is 48.2 Å². The molecule has 3 aromatic rings. The normalized spacial score (nSPS) is 24.5. The third-order valence-corrected chi connectivity index (χ3v) is 7.16. The molecule has 164 valence electrons. The summed E-state index contributed by atoms with van der Waals surface area (Å²) in [6.07, 6.45) is -0.307. The number of ether oxygens (including phenoxy) is 1. The number of hydrogen-bond acceptors (Lipinski definition) is 4. The van der Waals surface area contributed by atoms with E-state index in [0.717, 1.165) is 22.3 Å². The van der Waals surface area contributed by atoms with Crippen LogP contribution >= 0.6 is 0 Å². The van der Waals surface area contributed by atoms with Crippen LogP contribution in [0, 0.1) is 11.8 Å². The van der Waals surface area contributed by atoms with Crippen molar-refractivity contribution in [3.8, 4) is 0 Å². The lowest BCUT2D eigenvalue weighted by atomic mass is 9.55. The van der Waals surface area contributed by atoms with E-state index < -0.39 is 17.8 Å². The highest BCUT2D eigenvalue weighted by atomic mass is 16.5. The Morgan fingerprint density at radius 1 is 0.727 bits per heavy atom. The maximum absolute atomic E-state index is 13.9. The highest BCUT2D eigenvalue weighted by molar-refractivity contribution is 6.25. The van der Waals surface area contributed by atoms with Crippen molar-refractivity contribution in [1.29, 1.82) is 0 Å². The molecule has 2 amide bonds. The van der Waals surface area contributed by atoms with Crippen molar-refractivity contribution < 1.29 is 19.1 Å². The van der Waals surface area contributed by atoms with Gasteiger partial charge in [-0.1, -0.05) is 60.7 Å². The van der Waals surface area contributed by atoms with Crippen LogP contribution in [0.25, 0.3) is 0 Å². The van der Waals surface area contributed by atoms with Gasteiger partial charge in [0.1, 0.15) is 0 Å². The summed E-state index contributed by atoms with van der Waals surface area (Å²) in [5, 5.41) is 0. The van der Waals surface area contributed by atoms with Crippen molar-refractivity contribution in [1.82, 2.24) is 0 Å². The molecular weight excluding hydrogens is 414 g/mol. The molecular formula is C28H23NO4. The van der Waals surface area contributed by atoms with E-state index in [4.69, 9.17) is 4.74 Å². The number of anilines is 1. The standard InChI is InChI=1S/C28H23NO4/c1-15(2)33-28(32)20-13-7-8-14-21(20)29-26(30)24-22-16-9-3-4-10-17(16)23(25(24)27(29)31)19-12-6-5-11-18(19)22/h3-15,22-25H,1-2H3/t22?,23?,24-,25+. The summed E-state index contributed by atoms with van der Waals surface area (Å²) in [6, 6.07) is 23.0. The van der Waals surface area contributed by atoms with E-state index in [-0.39, 0.29) is 35.3 Å². The van der Waals surface area contributed by atoms with Crippen LogP contribution in [0.5, 0.6) is 0 Å². The molecule has 1 fully saturated rings. The van der Waals surface area contributed by atoms with Crippen molar-refractivity contribution in [2.24, 2.45) is 11.8 Å². The topological polar surface area (TPSA) is 63.7 Å². The van der Waals surface area contributed by atoms with Gasteiger partial charge in [0, 0.05) is 11.8 Å². The zero-order valence-electron chi connectivity index (χ0n) is 18.4. The second-order valence-electron chi connectivity index (χ2n) is 9.25. The third-order valence-electron chi connectivity index (χ3n) is 7.16. The second kappa shape index (κ2) is 7.14. The van der Waals surface area contributed by atoms with Crippen molar-refractivity contribution in [3.63, 3.8) is 0 Å². The Hall–Kier alpha value is -3.73. The monoisotopic (exact) mass is 437 g/mol. The summed E-state index contributed by atoms with van der Waals surface area (Å²) in [5.41, 5.74) is 5.03. The first-order chi connectivity index (χ1) is 16.0. The van der Waals surface area contributed by atoms with E-state index >= 15 is 0 Å². The van der Waals surface area contributed by atoms with Crippen LogP contribution in [0.3, 0.4) is 0 Å². The number of benzene rings is 3. The minimum Gasteiger partial charge on any atom is -0.459 e. The van der Waals surface area contributed by atoms with Gasteiger partial charge in [0.25, 0.3) is 0 Å². The molecule has 2 bridgehead atoms. The number of rotatable bonds is 3. The maximum Gasteiger partial charge on any atom is 0.340 e. The van der Waals surface area contributed by atoms with Gasteiger partial charge in [-0.15, -0.1) is 0 Å². The summed E-state index contributed by atoms with van der Waals surface area (Å²) < 4.78 is 5.39.